The Kier molecular flexibility index (Phi) is 5.09. The van der Waals surface area contributed by atoms with E-state index in [1.165, 1.54) is 11.3 Å². The molecule has 0 aliphatic rings. The third-order valence-corrected chi connectivity index (χ3v) is 5.42. The maximum Gasteiger partial charge on any atom is 0.321 e. The molecule has 0 spiro atoms. The summed E-state index contributed by atoms with van der Waals surface area (Å²) in [6.45, 7) is 4.39. The van der Waals surface area contributed by atoms with Gasteiger partial charge in [0.15, 0.2) is 5.13 Å². The van der Waals surface area contributed by atoms with Crippen LogP contribution in [0.2, 0.25) is 0 Å². The van der Waals surface area contributed by atoms with E-state index in [9.17, 15) is 4.79 Å². The highest BCUT2D eigenvalue weighted by molar-refractivity contribution is 7.22. The Bertz CT molecular complexity index is 1190. The Hall–Kier alpha value is -3.52. The summed E-state index contributed by atoms with van der Waals surface area (Å²) >= 11 is 1.42. The molecule has 0 unspecified atom stereocenters. The first kappa shape index (κ1) is 18.8. The first-order chi connectivity index (χ1) is 14.0. The van der Waals surface area contributed by atoms with Gasteiger partial charge >= 0.3 is 6.03 Å². The van der Waals surface area contributed by atoms with Gasteiger partial charge in [-0.2, -0.15) is 0 Å². The van der Waals surface area contributed by atoms with E-state index in [1.54, 1.807) is 12.4 Å². The standard InChI is InChI=1S/C21H20N6OS/c1-3-24-20(28)27-21-26-17-9-14(13-5-4-6-23-10-13)8-16(19(17)29-21)18-12(2)7-15(22)11-25-18/h4-11H,3,22H2,1-2H3,(H2,24,26,27,28). The molecule has 146 valence electrons. The van der Waals surface area contributed by atoms with Crippen LogP contribution < -0.4 is 16.4 Å². The van der Waals surface area contributed by atoms with E-state index in [0.29, 0.717) is 17.4 Å². The lowest BCUT2D eigenvalue weighted by atomic mass is 10.00. The van der Waals surface area contributed by atoms with Gasteiger partial charge in [-0.1, -0.05) is 17.4 Å². The molecule has 4 rings (SSSR count). The van der Waals surface area contributed by atoms with E-state index < -0.39 is 0 Å². The van der Waals surface area contributed by atoms with Gasteiger partial charge < -0.3 is 11.1 Å². The van der Waals surface area contributed by atoms with Gasteiger partial charge in [-0.3, -0.25) is 15.3 Å². The number of nitrogens with zero attached hydrogens (tertiary/aromatic N) is 3. The zero-order valence-corrected chi connectivity index (χ0v) is 16.9. The minimum absolute atomic E-state index is 0.276. The van der Waals surface area contributed by atoms with Crippen molar-refractivity contribution in [2.75, 3.05) is 17.6 Å². The second kappa shape index (κ2) is 7.84. The predicted octanol–water partition coefficient (Wildman–Crippen LogP) is 4.45. The molecule has 0 saturated heterocycles. The minimum atomic E-state index is -0.276. The quantitative estimate of drug-likeness (QED) is 0.466. The van der Waals surface area contributed by atoms with Crippen molar-refractivity contribution < 1.29 is 4.79 Å². The van der Waals surface area contributed by atoms with Gasteiger partial charge in [-0.25, -0.2) is 9.78 Å². The minimum Gasteiger partial charge on any atom is -0.397 e. The Morgan fingerprint density at radius 2 is 2.07 bits per heavy atom. The molecule has 7 nitrogen and oxygen atoms in total. The van der Waals surface area contributed by atoms with Crippen LogP contribution >= 0.6 is 11.3 Å². The molecule has 4 N–H and O–H groups in total. The number of fused-ring (bicyclic) bond motifs is 1. The number of nitrogens with one attached hydrogen (secondary N) is 2. The molecule has 3 aromatic heterocycles. The molecule has 0 saturated carbocycles. The first-order valence-corrected chi connectivity index (χ1v) is 9.99. The molecule has 1 aromatic carbocycles. The molecule has 4 aromatic rings. The predicted molar refractivity (Wildman–Crippen MR) is 118 cm³/mol. The molecule has 29 heavy (non-hydrogen) atoms. The lowest BCUT2D eigenvalue weighted by Crippen LogP contribution is -2.28. The average Bonchev–Trinajstić information content (AvgIpc) is 3.10. The lowest BCUT2D eigenvalue weighted by Gasteiger charge is -2.09. The van der Waals surface area contributed by atoms with Crippen molar-refractivity contribution >= 4 is 38.4 Å². The summed E-state index contributed by atoms with van der Waals surface area (Å²) in [5.74, 6) is 0. The number of carbonyl (C=O) groups is 1. The third kappa shape index (κ3) is 3.88. The van der Waals surface area contributed by atoms with E-state index >= 15 is 0 Å². The van der Waals surface area contributed by atoms with Crippen molar-refractivity contribution in [3.8, 4) is 22.4 Å². The molecule has 0 radical (unpaired) electrons. The van der Waals surface area contributed by atoms with Crippen LogP contribution in [-0.2, 0) is 0 Å². The fraction of sp³-hybridized carbons (Fsp3) is 0.143. The maximum absolute atomic E-state index is 11.9. The maximum atomic E-state index is 11.9. The Morgan fingerprint density at radius 3 is 2.79 bits per heavy atom. The lowest BCUT2D eigenvalue weighted by molar-refractivity contribution is 0.252. The molecule has 8 heteroatoms. The van der Waals surface area contributed by atoms with Gasteiger partial charge in [-0.05, 0) is 49.2 Å². The SMILES string of the molecule is CCNC(=O)Nc1nc2cc(-c3cccnc3)cc(-c3ncc(N)cc3C)c2s1. The van der Waals surface area contributed by atoms with Crippen molar-refractivity contribution in [3.05, 3.63) is 54.5 Å². The molecular weight excluding hydrogens is 384 g/mol. The molecule has 0 aliphatic carbocycles. The monoisotopic (exact) mass is 404 g/mol. The number of aromatic nitrogens is 3. The van der Waals surface area contributed by atoms with Crippen molar-refractivity contribution in [2.24, 2.45) is 0 Å². The van der Waals surface area contributed by atoms with Gasteiger partial charge in [0.05, 0.1) is 27.8 Å². The van der Waals surface area contributed by atoms with Gasteiger partial charge in [0, 0.05) is 30.1 Å². The van der Waals surface area contributed by atoms with Crippen LogP contribution in [0.3, 0.4) is 0 Å². The number of carbonyl (C=O) groups excluding carboxylic acids is 1. The number of amides is 2. The van der Waals surface area contributed by atoms with Crippen molar-refractivity contribution in [2.45, 2.75) is 13.8 Å². The second-order valence-corrected chi connectivity index (χ2v) is 7.55. The van der Waals surface area contributed by atoms with Crippen LogP contribution in [0.1, 0.15) is 12.5 Å². The smallest absolute Gasteiger partial charge is 0.321 e. The highest BCUT2D eigenvalue weighted by Crippen LogP contribution is 2.39. The molecule has 0 bridgehead atoms. The molecule has 0 atom stereocenters. The van der Waals surface area contributed by atoms with E-state index in [-0.39, 0.29) is 6.03 Å². The number of thiazole rings is 1. The topological polar surface area (TPSA) is 106 Å². The van der Waals surface area contributed by atoms with Crippen molar-refractivity contribution in [3.63, 3.8) is 0 Å². The number of anilines is 2. The van der Waals surface area contributed by atoms with Crippen molar-refractivity contribution in [1.29, 1.82) is 0 Å². The van der Waals surface area contributed by atoms with Crippen LogP contribution in [0.5, 0.6) is 0 Å². The molecular formula is C21H20N6OS. The average molecular weight is 404 g/mol. The number of hydrogen-bond acceptors (Lipinski definition) is 6. The third-order valence-electron chi connectivity index (χ3n) is 4.40. The van der Waals surface area contributed by atoms with Crippen LogP contribution in [0, 0.1) is 6.92 Å². The number of pyridine rings is 2. The Morgan fingerprint density at radius 1 is 1.21 bits per heavy atom. The number of rotatable bonds is 4. The highest BCUT2D eigenvalue weighted by atomic mass is 32.1. The number of urea groups is 1. The normalized spacial score (nSPS) is 10.8. The van der Waals surface area contributed by atoms with Gasteiger partial charge in [0.25, 0.3) is 0 Å². The van der Waals surface area contributed by atoms with Crippen LogP contribution in [0.4, 0.5) is 15.6 Å². The van der Waals surface area contributed by atoms with Gasteiger partial charge in [-0.15, -0.1) is 0 Å². The Labute approximate surface area is 172 Å². The summed E-state index contributed by atoms with van der Waals surface area (Å²) in [4.78, 5) is 25.4. The number of aryl methyl sites for hydroxylation is 1. The molecule has 0 fully saturated rings. The number of benzene rings is 1. The number of nitrogens with two attached hydrogens (primary N) is 1. The zero-order chi connectivity index (χ0) is 20.4. The Balaban J connectivity index is 1.90. The van der Waals surface area contributed by atoms with E-state index in [2.05, 4.69) is 31.7 Å². The van der Waals surface area contributed by atoms with Gasteiger partial charge in [0.1, 0.15) is 0 Å². The fourth-order valence-electron chi connectivity index (χ4n) is 3.14. The van der Waals surface area contributed by atoms with E-state index in [1.807, 2.05) is 44.3 Å². The summed E-state index contributed by atoms with van der Waals surface area (Å²) in [6, 6.07) is 9.61. The van der Waals surface area contributed by atoms with Crippen molar-refractivity contribution in [1.82, 2.24) is 20.3 Å². The number of hydrogen-bond donors (Lipinski definition) is 3. The fourth-order valence-corrected chi connectivity index (χ4v) is 4.10. The molecule has 0 aliphatic heterocycles. The molecule has 2 amide bonds. The van der Waals surface area contributed by atoms with Crippen LogP contribution in [-0.4, -0.2) is 27.5 Å². The van der Waals surface area contributed by atoms with Crippen LogP contribution in [0.15, 0.2) is 48.9 Å². The summed E-state index contributed by atoms with van der Waals surface area (Å²) in [7, 11) is 0. The van der Waals surface area contributed by atoms with E-state index in [0.717, 1.165) is 38.2 Å². The van der Waals surface area contributed by atoms with Gasteiger partial charge in [0.2, 0.25) is 0 Å². The number of nitrogen functional groups attached to an aromatic ring is 1. The first-order valence-electron chi connectivity index (χ1n) is 9.17. The summed E-state index contributed by atoms with van der Waals surface area (Å²) < 4.78 is 0.949. The second-order valence-electron chi connectivity index (χ2n) is 6.55. The summed E-state index contributed by atoms with van der Waals surface area (Å²) in [5, 5.41) is 6.05. The summed E-state index contributed by atoms with van der Waals surface area (Å²) in [5.41, 5.74) is 12.0. The zero-order valence-electron chi connectivity index (χ0n) is 16.1. The highest BCUT2D eigenvalue weighted by Gasteiger charge is 2.16. The van der Waals surface area contributed by atoms with E-state index in [4.69, 9.17) is 5.73 Å². The van der Waals surface area contributed by atoms with Crippen LogP contribution in [0.25, 0.3) is 32.6 Å². The largest absolute Gasteiger partial charge is 0.397 e. The summed E-state index contributed by atoms with van der Waals surface area (Å²) in [6.07, 6.45) is 5.21. The molecule has 3 heterocycles.